The van der Waals surface area contributed by atoms with Crippen molar-refractivity contribution in [2.45, 2.75) is 6.92 Å². The van der Waals surface area contributed by atoms with Crippen molar-refractivity contribution < 1.29 is 9.84 Å². The Morgan fingerprint density at radius 1 is 1.33 bits per heavy atom. The van der Waals surface area contributed by atoms with Gasteiger partial charge in [-0.05, 0) is 18.6 Å². The highest BCUT2D eigenvalue weighted by atomic mass is 35.5. The Balaban J connectivity index is 3.39. The first kappa shape index (κ1) is 9.49. The third-order valence-corrected chi connectivity index (χ3v) is 2.50. The molecule has 1 aromatic carbocycles. The lowest BCUT2D eigenvalue weighted by atomic mass is 10.2. The van der Waals surface area contributed by atoms with Gasteiger partial charge in [-0.15, -0.1) is 0 Å². The van der Waals surface area contributed by atoms with Crippen molar-refractivity contribution >= 4 is 23.2 Å². The topological polar surface area (TPSA) is 29.5 Å². The molecule has 0 aliphatic rings. The highest BCUT2D eigenvalue weighted by Gasteiger charge is 2.12. The summed E-state index contributed by atoms with van der Waals surface area (Å²) < 4.78 is 4.87. The fourth-order valence-corrected chi connectivity index (χ4v) is 1.26. The minimum atomic E-state index is -0.116. The van der Waals surface area contributed by atoms with E-state index >= 15 is 0 Å². The number of methoxy groups -OCH3 is 1. The van der Waals surface area contributed by atoms with Crippen LogP contribution >= 0.6 is 23.2 Å². The van der Waals surface area contributed by atoms with Crippen LogP contribution in [0.25, 0.3) is 0 Å². The Labute approximate surface area is 80.7 Å². The lowest BCUT2D eigenvalue weighted by molar-refractivity contribution is 0.373. The average Bonchev–Trinajstić information content (AvgIpc) is 2.08. The first-order valence-corrected chi connectivity index (χ1v) is 4.05. The molecule has 0 spiro atoms. The van der Waals surface area contributed by atoms with Crippen molar-refractivity contribution in [3.05, 3.63) is 21.7 Å². The van der Waals surface area contributed by atoms with E-state index in [-0.39, 0.29) is 10.8 Å². The van der Waals surface area contributed by atoms with Gasteiger partial charge in [-0.2, -0.15) is 0 Å². The molecule has 0 aliphatic carbocycles. The minimum absolute atomic E-state index is 0.116. The summed E-state index contributed by atoms with van der Waals surface area (Å²) in [5.41, 5.74) is 0.774. The van der Waals surface area contributed by atoms with E-state index in [1.807, 2.05) is 0 Å². The van der Waals surface area contributed by atoms with Gasteiger partial charge in [-0.1, -0.05) is 23.2 Å². The van der Waals surface area contributed by atoms with Crippen LogP contribution in [0, 0.1) is 6.92 Å². The van der Waals surface area contributed by atoms with Crippen LogP contribution in [0.5, 0.6) is 11.5 Å². The summed E-state index contributed by atoms with van der Waals surface area (Å²) in [6, 6.07) is 1.63. The molecule has 1 rings (SSSR count). The molecule has 1 aromatic rings. The van der Waals surface area contributed by atoms with E-state index in [1.54, 1.807) is 13.0 Å². The van der Waals surface area contributed by atoms with E-state index in [4.69, 9.17) is 27.9 Å². The number of aryl methyl sites for hydroxylation is 1. The number of phenolic OH excluding ortho intramolecular Hbond substituents is 1. The van der Waals surface area contributed by atoms with Gasteiger partial charge in [0.2, 0.25) is 0 Å². The number of halogens is 2. The van der Waals surface area contributed by atoms with E-state index in [9.17, 15) is 5.11 Å². The van der Waals surface area contributed by atoms with Crippen LogP contribution in [-0.4, -0.2) is 12.2 Å². The quantitative estimate of drug-likeness (QED) is 0.766. The zero-order chi connectivity index (χ0) is 9.30. The first-order valence-electron chi connectivity index (χ1n) is 3.29. The molecule has 0 radical (unpaired) electrons. The molecule has 0 heterocycles. The maximum atomic E-state index is 9.36. The molecular formula is C8H8Cl2O2. The number of phenols is 1. The molecule has 0 saturated carbocycles. The average molecular weight is 207 g/mol. The molecule has 0 amide bonds. The summed E-state index contributed by atoms with van der Waals surface area (Å²) in [6.07, 6.45) is 0. The van der Waals surface area contributed by atoms with Crippen LogP contribution in [0.4, 0.5) is 0 Å². The molecule has 0 bridgehead atoms. The van der Waals surface area contributed by atoms with Crippen molar-refractivity contribution in [3.8, 4) is 11.5 Å². The van der Waals surface area contributed by atoms with Gasteiger partial charge in [0.1, 0.15) is 5.02 Å². The second-order valence-corrected chi connectivity index (χ2v) is 3.13. The van der Waals surface area contributed by atoms with Gasteiger partial charge in [0.15, 0.2) is 11.5 Å². The molecule has 4 heteroatoms. The fourth-order valence-electron chi connectivity index (χ4n) is 0.869. The summed E-state index contributed by atoms with van der Waals surface area (Å²) in [5.74, 6) is 0.219. The van der Waals surface area contributed by atoms with Gasteiger partial charge >= 0.3 is 0 Å². The van der Waals surface area contributed by atoms with Crippen LogP contribution in [-0.2, 0) is 0 Å². The third kappa shape index (κ3) is 1.45. The number of aromatic hydroxyl groups is 1. The van der Waals surface area contributed by atoms with Gasteiger partial charge in [0.05, 0.1) is 12.1 Å². The fraction of sp³-hybridized carbons (Fsp3) is 0.250. The van der Waals surface area contributed by atoms with Gasteiger partial charge in [0, 0.05) is 0 Å². The van der Waals surface area contributed by atoms with Gasteiger partial charge in [0.25, 0.3) is 0 Å². The maximum Gasteiger partial charge on any atom is 0.178 e. The number of hydrogen-bond donors (Lipinski definition) is 1. The molecule has 0 fully saturated rings. The SMILES string of the molecule is COc1cc(C)c(Cl)c(Cl)c1O. The molecular weight excluding hydrogens is 199 g/mol. The first-order chi connectivity index (χ1) is 5.57. The Bertz CT molecular complexity index is 310. The molecule has 2 nitrogen and oxygen atoms in total. The second kappa shape index (κ2) is 3.42. The molecule has 0 aromatic heterocycles. The molecule has 0 atom stereocenters. The van der Waals surface area contributed by atoms with Crippen LogP contribution in [0.1, 0.15) is 5.56 Å². The van der Waals surface area contributed by atoms with E-state index in [0.29, 0.717) is 10.8 Å². The molecule has 1 N–H and O–H groups in total. The zero-order valence-electron chi connectivity index (χ0n) is 6.69. The summed E-state index contributed by atoms with van der Waals surface area (Å²) in [5, 5.41) is 9.85. The summed E-state index contributed by atoms with van der Waals surface area (Å²) in [4.78, 5) is 0. The van der Waals surface area contributed by atoms with Crippen LogP contribution < -0.4 is 4.74 Å². The lowest BCUT2D eigenvalue weighted by Crippen LogP contribution is -1.87. The van der Waals surface area contributed by atoms with Gasteiger partial charge in [-0.25, -0.2) is 0 Å². The molecule has 66 valence electrons. The highest BCUT2D eigenvalue weighted by Crippen LogP contribution is 2.40. The predicted octanol–water partition coefficient (Wildman–Crippen LogP) is 3.02. The monoisotopic (exact) mass is 206 g/mol. The second-order valence-electron chi connectivity index (χ2n) is 2.37. The summed E-state index contributed by atoms with van der Waals surface area (Å²) in [7, 11) is 1.46. The van der Waals surface area contributed by atoms with Crippen molar-refractivity contribution in [3.63, 3.8) is 0 Å². The smallest absolute Gasteiger partial charge is 0.178 e. The zero-order valence-corrected chi connectivity index (χ0v) is 8.20. The Morgan fingerprint density at radius 3 is 2.42 bits per heavy atom. The van der Waals surface area contributed by atoms with E-state index in [1.165, 1.54) is 7.11 Å². The Kier molecular flexibility index (Phi) is 2.70. The highest BCUT2D eigenvalue weighted by molar-refractivity contribution is 6.43. The van der Waals surface area contributed by atoms with Crippen molar-refractivity contribution in [1.29, 1.82) is 0 Å². The number of benzene rings is 1. The predicted molar refractivity (Wildman–Crippen MR) is 49.4 cm³/mol. The van der Waals surface area contributed by atoms with Crippen molar-refractivity contribution in [1.82, 2.24) is 0 Å². The van der Waals surface area contributed by atoms with Gasteiger partial charge < -0.3 is 9.84 Å². The van der Waals surface area contributed by atoms with E-state index in [2.05, 4.69) is 0 Å². The van der Waals surface area contributed by atoms with Crippen molar-refractivity contribution in [2.75, 3.05) is 7.11 Å². The van der Waals surface area contributed by atoms with Crippen LogP contribution in [0.3, 0.4) is 0 Å². The number of hydrogen-bond acceptors (Lipinski definition) is 2. The molecule has 0 aliphatic heterocycles. The number of rotatable bonds is 1. The Hall–Kier alpha value is -0.600. The normalized spacial score (nSPS) is 10.0. The maximum absolute atomic E-state index is 9.36. The largest absolute Gasteiger partial charge is 0.503 e. The number of ether oxygens (including phenoxy) is 1. The van der Waals surface area contributed by atoms with Gasteiger partial charge in [-0.3, -0.25) is 0 Å². The van der Waals surface area contributed by atoms with Crippen LogP contribution in [0.2, 0.25) is 10.0 Å². The van der Waals surface area contributed by atoms with E-state index < -0.39 is 0 Å². The lowest BCUT2D eigenvalue weighted by Gasteiger charge is -2.08. The molecule has 12 heavy (non-hydrogen) atoms. The van der Waals surface area contributed by atoms with Crippen molar-refractivity contribution in [2.24, 2.45) is 0 Å². The summed E-state index contributed by atoms with van der Waals surface area (Å²) in [6.45, 7) is 1.79. The van der Waals surface area contributed by atoms with E-state index in [0.717, 1.165) is 5.56 Å². The molecule has 0 saturated heterocycles. The third-order valence-electron chi connectivity index (χ3n) is 1.55. The Morgan fingerprint density at radius 2 is 1.92 bits per heavy atom. The molecule has 0 unspecified atom stereocenters. The van der Waals surface area contributed by atoms with Crippen LogP contribution in [0.15, 0.2) is 6.07 Å². The minimum Gasteiger partial charge on any atom is -0.503 e. The summed E-state index contributed by atoms with van der Waals surface area (Å²) >= 11 is 11.5. The standard InChI is InChI=1S/C8H8Cl2O2/c1-4-3-5(12-2)8(11)7(10)6(4)9/h3,11H,1-2H3.